The van der Waals surface area contributed by atoms with Gasteiger partial charge >= 0.3 is 0 Å². The summed E-state index contributed by atoms with van der Waals surface area (Å²) in [5, 5.41) is 13.2. The highest BCUT2D eigenvalue weighted by Gasteiger charge is 2.20. The van der Waals surface area contributed by atoms with E-state index < -0.39 is 5.82 Å². The van der Waals surface area contributed by atoms with Crippen molar-refractivity contribution in [3.8, 4) is 0 Å². The van der Waals surface area contributed by atoms with Crippen LogP contribution in [0.2, 0.25) is 0 Å². The molecule has 7 nitrogen and oxygen atoms in total. The van der Waals surface area contributed by atoms with E-state index in [0.717, 1.165) is 5.69 Å². The maximum Gasteiger partial charge on any atom is 0.251 e. The molecule has 22 heavy (non-hydrogen) atoms. The predicted molar refractivity (Wildman–Crippen MR) is 74.2 cm³/mol. The molecular formula is C14H14FN5O2. The second kappa shape index (κ2) is 5.55. The van der Waals surface area contributed by atoms with Crippen LogP contribution in [0.1, 0.15) is 27.3 Å². The summed E-state index contributed by atoms with van der Waals surface area (Å²) < 4.78 is 15.0. The molecule has 0 saturated carbocycles. The van der Waals surface area contributed by atoms with Crippen molar-refractivity contribution in [1.29, 1.82) is 0 Å². The highest BCUT2D eigenvalue weighted by atomic mass is 19.1. The van der Waals surface area contributed by atoms with Crippen molar-refractivity contribution in [3.05, 3.63) is 46.5 Å². The number of amides is 2. The van der Waals surface area contributed by atoms with Crippen molar-refractivity contribution in [2.75, 3.05) is 0 Å². The number of carbonyl (C=O) groups excluding carboxylic acids is 2. The molecule has 0 saturated heterocycles. The van der Waals surface area contributed by atoms with Crippen LogP contribution >= 0.6 is 0 Å². The van der Waals surface area contributed by atoms with Crippen molar-refractivity contribution in [3.63, 3.8) is 0 Å². The molecule has 3 rings (SSSR count). The maximum atomic E-state index is 13.5. The number of nitrogens with one attached hydrogen (secondary N) is 2. The van der Waals surface area contributed by atoms with Crippen LogP contribution in [0, 0.1) is 12.7 Å². The van der Waals surface area contributed by atoms with Crippen molar-refractivity contribution in [2.24, 2.45) is 0 Å². The first-order chi connectivity index (χ1) is 10.5. The van der Waals surface area contributed by atoms with Crippen molar-refractivity contribution < 1.29 is 14.0 Å². The molecule has 0 spiro atoms. The fraction of sp³-hybridized carbons (Fsp3) is 0.286. The zero-order chi connectivity index (χ0) is 15.7. The van der Waals surface area contributed by atoms with Gasteiger partial charge in [-0.05, 0) is 24.6 Å². The molecule has 0 unspecified atom stereocenters. The molecule has 0 atom stereocenters. The molecule has 2 amide bonds. The topological polar surface area (TPSA) is 88.9 Å². The molecule has 1 aliphatic rings. The summed E-state index contributed by atoms with van der Waals surface area (Å²) in [7, 11) is 0. The van der Waals surface area contributed by atoms with Gasteiger partial charge in [0.1, 0.15) is 18.1 Å². The zero-order valence-corrected chi connectivity index (χ0v) is 11.9. The van der Waals surface area contributed by atoms with Gasteiger partial charge in [-0.15, -0.1) is 5.10 Å². The molecule has 2 N–H and O–H groups in total. The predicted octanol–water partition coefficient (Wildman–Crippen LogP) is 0.285. The smallest absolute Gasteiger partial charge is 0.251 e. The van der Waals surface area contributed by atoms with Gasteiger partial charge in [0.25, 0.3) is 5.91 Å². The quantitative estimate of drug-likeness (QED) is 0.852. The molecule has 1 aromatic heterocycles. The lowest BCUT2D eigenvalue weighted by atomic mass is 10.1. The van der Waals surface area contributed by atoms with Crippen molar-refractivity contribution in [1.82, 2.24) is 25.6 Å². The summed E-state index contributed by atoms with van der Waals surface area (Å²) in [6, 6.07) is 4.32. The standard InChI is InChI=1S/C14H14FN5O2/c1-8-2-3-9(4-10(8)15)14(22)17-5-11-12-6-16-13(21)7-20(12)19-18-11/h2-4H,5-7H2,1H3,(H,16,21)(H,17,22). The number of hydrogen-bond donors (Lipinski definition) is 2. The van der Waals surface area contributed by atoms with E-state index in [0.29, 0.717) is 17.8 Å². The van der Waals surface area contributed by atoms with E-state index in [4.69, 9.17) is 0 Å². The zero-order valence-electron chi connectivity index (χ0n) is 11.9. The second-order valence-corrected chi connectivity index (χ2v) is 5.06. The minimum absolute atomic E-state index is 0.122. The van der Waals surface area contributed by atoms with E-state index in [9.17, 15) is 14.0 Å². The first-order valence-electron chi connectivity index (χ1n) is 6.77. The monoisotopic (exact) mass is 303 g/mol. The number of aryl methyl sites for hydroxylation is 1. The highest BCUT2D eigenvalue weighted by Crippen LogP contribution is 2.11. The summed E-state index contributed by atoms with van der Waals surface area (Å²) in [5.41, 5.74) is 2.08. The van der Waals surface area contributed by atoms with Gasteiger partial charge in [0, 0.05) is 5.56 Å². The van der Waals surface area contributed by atoms with Gasteiger partial charge in [-0.2, -0.15) is 0 Å². The Bertz CT molecular complexity index is 756. The van der Waals surface area contributed by atoms with Crippen LogP contribution in [0.5, 0.6) is 0 Å². The maximum absolute atomic E-state index is 13.5. The Morgan fingerprint density at radius 3 is 3.09 bits per heavy atom. The van der Waals surface area contributed by atoms with E-state index in [-0.39, 0.29) is 30.5 Å². The number of fused-ring (bicyclic) bond motifs is 1. The molecule has 2 heterocycles. The fourth-order valence-electron chi connectivity index (χ4n) is 2.20. The number of rotatable bonds is 3. The fourth-order valence-corrected chi connectivity index (χ4v) is 2.20. The van der Waals surface area contributed by atoms with E-state index in [1.54, 1.807) is 19.1 Å². The van der Waals surface area contributed by atoms with E-state index >= 15 is 0 Å². The van der Waals surface area contributed by atoms with Crippen LogP contribution in [0.15, 0.2) is 18.2 Å². The normalized spacial score (nSPS) is 13.5. The Balaban J connectivity index is 1.69. The molecule has 2 aromatic rings. The molecule has 0 aliphatic carbocycles. The molecular weight excluding hydrogens is 289 g/mol. The lowest BCUT2D eigenvalue weighted by Gasteiger charge is -2.14. The number of aromatic nitrogens is 3. The average molecular weight is 303 g/mol. The molecule has 114 valence electrons. The Kier molecular flexibility index (Phi) is 3.58. The van der Waals surface area contributed by atoms with Gasteiger partial charge < -0.3 is 10.6 Å². The minimum Gasteiger partial charge on any atom is -0.349 e. The van der Waals surface area contributed by atoms with Gasteiger partial charge in [0.2, 0.25) is 5.91 Å². The number of hydrogen-bond acceptors (Lipinski definition) is 4. The number of benzene rings is 1. The molecule has 0 radical (unpaired) electrons. The Morgan fingerprint density at radius 2 is 2.32 bits per heavy atom. The van der Waals surface area contributed by atoms with Crippen LogP contribution in [0.25, 0.3) is 0 Å². The number of carbonyl (C=O) groups is 2. The van der Waals surface area contributed by atoms with Crippen LogP contribution in [-0.2, 0) is 24.4 Å². The van der Waals surface area contributed by atoms with Gasteiger partial charge in [-0.25, -0.2) is 9.07 Å². The summed E-state index contributed by atoms with van der Waals surface area (Å²) in [5.74, 6) is -0.931. The Morgan fingerprint density at radius 1 is 1.50 bits per heavy atom. The first-order valence-corrected chi connectivity index (χ1v) is 6.77. The SMILES string of the molecule is Cc1ccc(C(=O)NCc2nnn3c2CNC(=O)C3)cc1F. The molecule has 1 aliphatic heterocycles. The molecule has 0 bridgehead atoms. The van der Waals surface area contributed by atoms with Crippen LogP contribution in [0.3, 0.4) is 0 Å². The van der Waals surface area contributed by atoms with Crippen molar-refractivity contribution >= 4 is 11.8 Å². The lowest BCUT2D eigenvalue weighted by Crippen LogP contribution is -2.35. The van der Waals surface area contributed by atoms with Crippen molar-refractivity contribution in [2.45, 2.75) is 26.6 Å². The van der Waals surface area contributed by atoms with Crippen LogP contribution < -0.4 is 10.6 Å². The van der Waals surface area contributed by atoms with E-state index in [2.05, 4.69) is 20.9 Å². The Hall–Kier alpha value is -2.77. The van der Waals surface area contributed by atoms with E-state index in [1.807, 2.05) is 0 Å². The second-order valence-electron chi connectivity index (χ2n) is 5.06. The van der Waals surface area contributed by atoms with Gasteiger partial charge in [-0.1, -0.05) is 11.3 Å². The average Bonchev–Trinajstić information content (AvgIpc) is 2.89. The third kappa shape index (κ3) is 2.67. The number of nitrogens with zero attached hydrogens (tertiary/aromatic N) is 3. The summed E-state index contributed by atoms with van der Waals surface area (Å²) in [4.78, 5) is 23.3. The Labute approximate surface area is 125 Å². The third-order valence-corrected chi connectivity index (χ3v) is 3.51. The van der Waals surface area contributed by atoms with Gasteiger partial charge in [-0.3, -0.25) is 9.59 Å². The molecule has 0 fully saturated rings. The summed E-state index contributed by atoms with van der Waals surface area (Å²) in [6.45, 7) is 2.25. The van der Waals surface area contributed by atoms with E-state index in [1.165, 1.54) is 10.7 Å². The molecule has 8 heteroatoms. The van der Waals surface area contributed by atoms with Crippen LogP contribution in [0.4, 0.5) is 4.39 Å². The largest absolute Gasteiger partial charge is 0.349 e. The lowest BCUT2D eigenvalue weighted by molar-refractivity contribution is -0.122. The van der Waals surface area contributed by atoms with Gasteiger partial charge in [0.15, 0.2) is 0 Å². The number of halogens is 1. The minimum atomic E-state index is -0.420. The summed E-state index contributed by atoms with van der Waals surface area (Å²) >= 11 is 0. The van der Waals surface area contributed by atoms with Gasteiger partial charge in [0.05, 0.1) is 18.8 Å². The summed E-state index contributed by atoms with van der Waals surface area (Å²) in [6.07, 6.45) is 0. The molecule has 1 aromatic carbocycles. The third-order valence-electron chi connectivity index (χ3n) is 3.51. The highest BCUT2D eigenvalue weighted by molar-refractivity contribution is 5.94. The van der Waals surface area contributed by atoms with Crippen LogP contribution in [-0.4, -0.2) is 26.8 Å². The first kappa shape index (κ1) is 14.2.